The van der Waals surface area contributed by atoms with E-state index in [-0.39, 0.29) is 21.8 Å². The number of carbonyl (C=O) groups is 2. The van der Waals surface area contributed by atoms with E-state index >= 15 is 0 Å². The fraction of sp³-hybridized carbons (Fsp3) is 0.292. The second-order valence-electron chi connectivity index (χ2n) is 8.66. The molecule has 0 aliphatic heterocycles. The Kier molecular flexibility index (Phi) is 7.49. The highest BCUT2D eigenvalue weighted by atomic mass is 79.9. The molecule has 0 spiro atoms. The standard InChI is InChI=1S/C24H20BrF5N2O3/c1-23(2,3)35-22(34)17(31-21(33)19-15(26)5-4-6-16(19)27)11-12-7-9-14(25)20-13(12)8-10-18(32-20)24(28,29)30/h4-10,17H,11H2,1-3H3,(H,31,33). The van der Waals surface area contributed by atoms with Crippen LogP contribution in [-0.2, 0) is 22.1 Å². The van der Waals surface area contributed by atoms with Crippen molar-refractivity contribution in [2.45, 2.75) is 45.0 Å². The highest BCUT2D eigenvalue weighted by molar-refractivity contribution is 9.10. The molecule has 0 saturated heterocycles. The van der Waals surface area contributed by atoms with Gasteiger partial charge in [-0.3, -0.25) is 4.79 Å². The molecule has 0 aliphatic rings. The van der Waals surface area contributed by atoms with E-state index in [4.69, 9.17) is 4.74 Å². The molecule has 35 heavy (non-hydrogen) atoms. The molecule has 0 aliphatic carbocycles. The zero-order chi connectivity index (χ0) is 26.1. The van der Waals surface area contributed by atoms with Gasteiger partial charge in [-0.1, -0.05) is 18.2 Å². The van der Waals surface area contributed by atoms with E-state index in [1.165, 1.54) is 18.2 Å². The molecule has 186 valence electrons. The first-order valence-electron chi connectivity index (χ1n) is 10.3. The van der Waals surface area contributed by atoms with E-state index in [0.717, 1.165) is 24.3 Å². The summed E-state index contributed by atoms with van der Waals surface area (Å²) >= 11 is 3.18. The van der Waals surface area contributed by atoms with Crippen LogP contribution in [0.25, 0.3) is 10.9 Å². The van der Waals surface area contributed by atoms with Crippen LogP contribution in [0, 0.1) is 11.6 Å². The Morgan fingerprint density at radius 1 is 1.03 bits per heavy atom. The molecule has 11 heteroatoms. The van der Waals surface area contributed by atoms with Gasteiger partial charge in [-0.15, -0.1) is 0 Å². The summed E-state index contributed by atoms with van der Waals surface area (Å²) in [5, 5.41) is 2.58. The lowest BCUT2D eigenvalue weighted by molar-refractivity contribution is -0.157. The average Bonchev–Trinajstić information content (AvgIpc) is 2.73. The topological polar surface area (TPSA) is 68.3 Å². The first-order chi connectivity index (χ1) is 16.2. The van der Waals surface area contributed by atoms with Crippen molar-refractivity contribution in [2.24, 2.45) is 0 Å². The maximum atomic E-state index is 14.1. The molecule has 0 bridgehead atoms. The Hall–Kier alpha value is -3.08. The van der Waals surface area contributed by atoms with Crippen molar-refractivity contribution in [3.63, 3.8) is 0 Å². The molecule has 2 aromatic carbocycles. The van der Waals surface area contributed by atoms with Crippen molar-refractivity contribution < 1.29 is 36.3 Å². The molecule has 1 atom stereocenters. The van der Waals surface area contributed by atoms with Crippen molar-refractivity contribution in [1.82, 2.24) is 10.3 Å². The highest BCUT2D eigenvalue weighted by Gasteiger charge is 2.33. The SMILES string of the molecule is CC(C)(C)OC(=O)C(Cc1ccc(Br)c2nc(C(F)(F)F)ccc12)NC(=O)c1c(F)cccc1F. The number of benzene rings is 2. The van der Waals surface area contributed by atoms with Gasteiger partial charge in [-0.2, -0.15) is 13.2 Å². The van der Waals surface area contributed by atoms with Crippen LogP contribution < -0.4 is 5.32 Å². The van der Waals surface area contributed by atoms with Gasteiger partial charge in [0, 0.05) is 16.3 Å². The summed E-state index contributed by atoms with van der Waals surface area (Å²) in [5.74, 6) is -4.32. The van der Waals surface area contributed by atoms with Gasteiger partial charge < -0.3 is 10.1 Å². The minimum atomic E-state index is -4.67. The van der Waals surface area contributed by atoms with E-state index in [1.807, 2.05) is 0 Å². The van der Waals surface area contributed by atoms with E-state index in [9.17, 15) is 31.5 Å². The molecule has 3 rings (SSSR count). The Balaban J connectivity index is 2.02. The summed E-state index contributed by atoms with van der Waals surface area (Å²) in [6.45, 7) is 4.79. The molecule has 1 amide bonds. The molecule has 1 unspecified atom stereocenters. The number of nitrogens with zero attached hydrogens (tertiary/aromatic N) is 1. The number of hydrogen-bond donors (Lipinski definition) is 1. The van der Waals surface area contributed by atoms with E-state index in [1.54, 1.807) is 20.8 Å². The summed E-state index contributed by atoms with van der Waals surface area (Å²) in [4.78, 5) is 29.3. The number of esters is 1. The van der Waals surface area contributed by atoms with Crippen LogP contribution in [-0.4, -0.2) is 28.5 Å². The molecule has 0 radical (unpaired) electrons. The summed E-state index contributed by atoms with van der Waals surface area (Å²) in [7, 11) is 0. The number of ether oxygens (including phenoxy) is 1. The fourth-order valence-corrected chi connectivity index (χ4v) is 3.74. The van der Waals surface area contributed by atoms with Crippen LogP contribution in [0.5, 0.6) is 0 Å². The van der Waals surface area contributed by atoms with Gasteiger partial charge in [0.25, 0.3) is 5.91 Å². The Bertz CT molecular complexity index is 1270. The van der Waals surface area contributed by atoms with Gasteiger partial charge in [0.05, 0.1) is 5.52 Å². The summed E-state index contributed by atoms with van der Waals surface area (Å²) in [6.07, 6.45) is -4.91. The van der Waals surface area contributed by atoms with E-state index < -0.39 is 52.6 Å². The summed E-state index contributed by atoms with van der Waals surface area (Å²) in [6, 6.07) is 6.46. The van der Waals surface area contributed by atoms with Gasteiger partial charge in [0.1, 0.15) is 34.5 Å². The van der Waals surface area contributed by atoms with Gasteiger partial charge >= 0.3 is 12.1 Å². The number of aromatic nitrogens is 1. The number of carbonyl (C=O) groups excluding carboxylic acids is 2. The number of amides is 1. The molecule has 5 nitrogen and oxygen atoms in total. The van der Waals surface area contributed by atoms with Crippen molar-refractivity contribution in [2.75, 3.05) is 0 Å². The van der Waals surface area contributed by atoms with Crippen LogP contribution in [0.4, 0.5) is 22.0 Å². The number of rotatable bonds is 5. The maximum Gasteiger partial charge on any atom is 0.433 e. The quantitative estimate of drug-likeness (QED) is 0.309. The van der Waals surface area contributed by atoms with Crippen molar-refractivity contribution >= 4 is 38.7 Å². The number of alkyl halides is 3. The van der Waals surface area contributed by atoms with Crippen LogP contribution in [0.3, 0.4) is 0 Å². The van der Waals surface area contributed by atoms with Gasteiger partial charge in [0.2, 0.25) is 0 Å². The van der Waals surface area contributed by atoms with Crippen molar-refractivity contribution in [1.29, 1.82) is 0 Å². The van der Waals surface area contributed by atoms with Crippen LogP contribution >= 0.6 is 15.9 Å². The number of fused-ring (bicyclic) bond motifs is 1. The lowest BCUT2D eigenvalue weighted by Crippen LogP contribution is -2.46. The molecule has 1 aromatic heterocycles. The minimum absolute atomic E-state index is 0.00765. The first kappa shape index (κ1) is 26.5. The van der Waals surface area contributed by atoms with Gasteiger partial charge in [-0.25, -0.2) is 18.6 Å². The maximum absolute atomic E-state index is 14.1. The zero-order valence-electron chi connectivity index (χ0n) is 18.8. The third-order valence-electron chi connectivity index (χ3n) is 4.80. The van der Waals surface area contributed by atoms with Crippen LogP contribution in [0.1, 0.15) is 42.4 Å². The van der Waals surface area contributed by atoms with Gasteiger partial charge in [0.15, 0.2) is 0 Å². The third kappa shape index (κ3) is 6.33. The largest absolute Gasteiger partial charge is 0.458 e. The molecule has 3 aromatic rings. The third-order valence-corrected chi connectivity index (χ3v) is 5.44. The summed E-state index contributed by atoms with van der Waals surface area (Å²) in [5.41, 5.74) is -2.58. The Morgan fingerprint density at radius 3 is 2.23 bits per heavy atom. The molecule has 0 fully saturated rings. The Morgan fingerprint density at radius 2 is 1.66 bits per heavy atom. The van der Waals surface area contributed by atoms with Crippen LogP contribution in [0.15, 0.2) is 46.9 Å². The lowest BCUT2D eigenvalue weighted by atomic mass is 10.00. The molecule has 1 N–H and O–H groups in total. The molecular formula is C24H20BrF5N2O3. The van der Waals surface area contributed by atoms with Crippen LogP contribution in [0.2, 0.25) is 0 Å². The predicted molar refractivity (Wildman–Crippen MR) is 122 cm³/mol. The first-order valence-corrected chi connectivity index (χ1v) is 11.1. The molecule has 0 saturated carbocycles. The molecular weight excluding hydrogens is 539 g/mol. The van der Waals surface area contributed by atoms with Gasteiger partial charge in [-0.05, 0) is 66.5 Å². The number of nitrogens with one attached hydrogen (secondary N) is 1. The normalized spacial score (nSPS) is 12.9. The minimum Gasteiger partial charge on any atom is -0.458 e. The second kappa shape index (κ2) is 9.88. The summed E-state index contributed by atoms with van der Waals surface area (Å²) < 4.78 is 73.3. The molecule has 1 heterocycles. The fourth-order valence-electron chi connectivity index (χ4n) is 3.31. The highest BCUT2D eigenvalue weighted by Crippen LogP contribution is 2.33. The average molecular weight is 559 g/mol. The lowest BCUT2D eigenvalue weighted by Gasteiger charge is -2.25. The number of hydrogen-bond acceptors (Lipinski definition) is 4. The van der Waals surface area contributed by atoms with E-state index in [2.05, 4.69) is 26.2 Å². The van der Waals surface area contributed by atoms with Crippen molar-refractivity contribution in [3.05, 3.63) is 75.4 Å². The number of pyridine rings is 1. The number of halogens is 6. The smallest absolute Gasteiger partial charge is 0.433 e. The van der Waals surface area contributed by atoms with E-state index in [0.29, 0.717) is 5.56 Å². The zero-order valence-corrected chi connectivity index (χ0v) is 20.4. The Labute approximate surface area is 205 Å². The monoisotopic (exact) mass is 558 g/mol. The predicted octanol–water partition coefficient (Wildman–Crippen LogP) is 5.98. The second-order valence-corrected chi connectivity index (χ2v) is 9.51. The van der Waals surface area contributed by atoms with Crippen molar-refractivity contribution in [3.8, 4) is 0 Å².